The summed E-state index contributed by atoms with van der Waals surface area (Å²) in [4.78, 5) is 0. The van der Waals surface area contributed by atoms with Gasteiger partial charge in [-0.2, -0.15) is 9.40 Å². The van der Waals surface area contributed by atoms with Crippen molar-refractivity contribution in [2.75, 3.05) is 13.1 Å². The van der Waals surface area contributed by atoms with Crippen LogP contribution in [0.2, 0.25) is 0 Å². The molecule has 1 aromatic rings. The first-order valence-corrected chi connectivity index (χ1v) is 7.00. The Morgan fingerprint density at radius 1 is 1.41 bits per heavy atom. The summed E-state index contributed by atoms with van der Waals surface area (Å²) in [6, 6.07) is 3.04. The molecule has 0 unspecified atom stereocenters. The second-order valence-electron chi connectivity index (χ2n) is 4.28. The first-order valence-electron chi connectivity index (χ1n) is 5.56. The molecule has 1 fully saturated rings. The topological polar surface area (TPSA) is 89.2 Å². The van der Waals surface area contributed by atoms with Crippen molar-refractivity contribution in [3.63, 3.8) is 0 Å². The maximum Gasteiger partial charge on any atom is 0.262 e. The standard InChI is InChI=1S/C10H16N4O2S/c1-8-4-5-10(13-12-8)17(15,16)14-6-2-3-9(11)7-14/h4-5,9H,2-3,6-7,11H2,1H3/t9-/m1/s1. The van der Waals surface area contributed by atoms with Crippen molar-refractivity contribution in [1.82, 2.24) is 14.5 Å². The fourth-order valence-corrected chi connectivity index (χ4v) is 3.25. The molecule has 17 heavy (non-hydrogen) atoms. The Hall–Kier alpha value is -1.05. The van der Waals surface area contributed by atoms with Gasteiger partial charge >= 0.3 is 0 Å². The first kappa shape index (κ1) is 12.4. The minimum absolute atomic E-state index is 0.00259. The quantitative estimate of drug-likeness (QED) is 0.798. The molecular formula is C10H16N4O2S. The Bertz CT molecular complexity index is 486. The van der Waals surface area contributed by atoms with Gasteiger partial charge in [0.05, 0.1) is 5.69 Å². The molecule has 1 aliphatic rings. The average molecular weight is 256 g/mol. The number of hydrogen-bond acceptors (Lipinski definition) is 5. The van der Waals surface area contributed by atoms with Crippen molar-refractivity contribution in [2.24, 2.45) is 5.73 Å². The van der Waals surface area contributed by atoms with Gasteiger partial charge in [-0.3, -0.25) is 0 Å². The van der Waals surface area contributed by atoms with E-state index in [1.165, 1.54) is 10.4 Å². The molecule has 2 rings (SSSR count). The van der Waals surface area contributed by atoms with E-state index in [9.17, 15) is 8.42 Å². The zero-order valence-electron chi connectivity index (χ0n) is 9.70. The second-order valence-corrected chi connectivity index (χ2v) is 6.16. The van der Waals surface area contributed by atoms with Crippen molar-refractivity contribution in [3.05, 3.63) is 17.8 Å². The van der Waals surface area contributed by atoms with Crippen LogP contribution in [0, 0.1) is 6.92 Å². The van der Waals surface area contributed by atoms with Crippen LogP contribution in [0.15, 0.2) is 17.2 Å². The summed E-state index contributed by atoms with van der Waals surface area (Å²) in [5.41, 5.74) is 6.48. The molecule has 1 atom stereocenters. The molecule has 2 heterocycles. The van der Waals surface area contributed by atoms with Crippen LogP contribution in [-0.4, -0.2) is 42.1 Å². The maximum atomic E-state index is 12.2. The van der Waals surface area contributed by atoms with E-state index in [1.54, 1.807) is 13.0 Å². The van der Waals surface area contributed by atoms with Gasteiger partial charge < -0.3 is 5.73 Å². The lowest BCUT2D eigenvalue weighted by Gasteiger charge is -2.29. The van der Waals surface area contributed by atoms with Gasteiger partial charge in [0.2, 0.25) is 0 Å². The van der Waals surface area contributed by atoms with Crippen LogP contribution in [0.5, 0.6) is 0 Å². The summed E-state index contributed by atoms with van der Waals surface area (Å²) in [5, 5.41) is 7.50. The molecule has 1 saturated heterocycles. The fraction of sp³-hybridized carbons (Fsp3) is 0.600. The molecule has 0 bridgehead atoms. The van der Waals surface area contributed by atoms with Crippen molar-refractivity contribution in [1.29, 1.82) is 0 Å². The van der Waals surface area contributed by atoms with E-state index in [-0.39, 0.29) is 11.1 Å². The predicted octanol–water partition coefficient (Wildman–Crippen LogP) is -0.103. The second kappa shape index (κ2) is 4.67. The van der Waals surface area contributed by atoms with Gasteiger partial charge in [-0.1, -0.05) is 0 Å². The minimum Gasteiger partial charge on any atom is -0.327 e. The van der Waals surface area contributed by atoms with Gasteiger partial charge in [-0.05, 0) is 31.9 Å². The SMILES string of the molecule is Cc1ccc(S(=O)(=O)N2CCC[C@@H](N)C2)nn1. The Morgan fingerprint density at radius 2 is 2.18 bits per heavy atom. The third kappa shape index (κ3) is 2.62. The summed E-state index contributed by atoms with van der Waals surface area (Å²) < 4.78 is 25.8. The zero-order chi connectivity index (χ0) is 12.5. The first-order chi connectivity index (χ1) is 8.00. The molecule has 7 heteroatoms. The fourth-order valence-electron chi connectivity index (χ4n) is 1.85. The third-order valence-corrected chi connectivity index (χ3v) is 4.56. The summed E-state index contributed by atoms with van der Waals surface area (Å²) >= 11 is 0. The molecule has 94 valence electrons. The monoisotopic (exact) mass is 256 g/mol. The number of hydrogen-bond donors (Lipinski definition) is 1. The Balaban J connectivity index is 2.26. The minimum atomic E-state index is -3.53. The number of aryl methyl sites for hydroxylation is 1. The molecule has 0 amide bonds. The summed E-state index contributed by atoms with van der Waals surface area (Å²) in [6.45, 7) is 2.63. The Labute approximate surface area is 101 Å². The number of nitrogens with zero attached hydrogens (tertiary/aromatic N) is 3. The Morgan fingerprint density at radius 3 is 2.76 bits per heavy atom. The summed E-state index contributed by atoms with van der Waals surface area (Å²) in [6.07, 6.45) is 1.66. The lowest BCUT2D eigenvalue weighted by molar-refractivity contribution is 0.315. The lowest BCUT2D eigenvalue weighted by Crippen LogP contribution is -2.45. The van der Waals surface area contributed by atoms with Gasteiger partial charge in [0.1, 0.15) is 0 Å². The van der Waals surface area contributed by atoms with Gasteiger partial charge in [0.15, 0.2) is 5.03 Å². The lowest BCUT2D eigenvalue weighted by atomic mass is 10.1. The summed E-state index contributed by atoms with van der Waals surface area (Å²) in [7, 11) is -3.53. The molecule has 0 spiro atoms. The average Bonchev–Trinajstić information content (AvgIpc) is 2.29. The van der Waals surface area contributed by atoms with E-state index in [0.717, 1.165) is 12.8 Å². The smallest absolute Gasteiger partial charge is 0.262 e. The molecule has 1 aromatic heterocycles. The highest BCUT2D eigenvalue weighted by Crippen LogP contribution is 2.18. The van der Waals surface area contributed by atoms with Crippen LogP contribution in [0.4, 0.5) is 0 Å². The molecule has 0 aliphatic carbocycles. The number of sulfonamides is 1. The maximum absolute atomic E-state index is 12.2. The van der Waals surface area contributed by atoms with Gasteiger partial charge in [0.25, 0.3) is 10.0 Å². The van der Waals surface area contributed by atoms with E-state index in [1.807, 2.05) is 0 Å². The largest absolute Gasteiger partial charge is 0.327 e. The van der Waals surface area contributed by atoms with E-state index in [2.05, 4.69) is 10.2 Å². The molecule has 1 aliphatic heterocycles. The number of aromatic nitrogens is 2. The van der Waals surface area contributed by atoms with E-state index in [4.69, 9.17) is 5.73 Å². The van der Waals surface area contributed by atoms with Crippen molar-refractivity contribution >= 4 is 10.0 Å². The summed E-state index contributed by atoms with van der Waals surface area (Å²) in [5.74, 6) is 0. The van der Waals surface area contributed by atoms with E-state index in [0.29, 0.717) is 18.8 Å². The normalized spacial score (nSPS) is 22.6. The van der Waals surface area contributed by atoms with E-state index >= 15 is 0 Å². The van der Waals surface area contributed by atoms with Crippen LogP contribution in [0.1, 0.15) is 18.5 Å². The number of piperidine rings is 1. The number of rotatable bonds is 2. The highest BCUT2D eigenvalue weighted by molar-refractivity contribution is 7.89. The van der Waals surface area contributed by atoms with Crippen LogP contribution < -0.4 is 5.73 Å². The number of nitrogens with two attached hydrogens (primary N) is 1. The third-order valence-electron chi connectivity index (χ3n) is 2.80. The molecule has 0 aromatic carbocycles. The molecule has 0 radical (unpaired) electrons. The highest BCUT2D eigenvalue weighted by atomic mass is 32.2. The van der Waals surface area contributed by atoms with Crippen LogP contribution in [-0.2, 0) is 10.0 Å². The van der Waals surface area contributed by atoms with Gasteiger partial charge in [-0.15, -0.1) is 5.10 Å². The van der Waals surface area contributed by atoms with Crippen molar-refractivity contribution < 1.29 is 8.42 Å². The van der Waals surface area contributed by atoms with Gasteiger partial charge in [0, 0.05) is 19.1 Å². The predicted molar refractivity (Wildman–Crippen MR) is 62.7 cm³/mol. The highest BCUT2D eigenvalue weighted by Gasteiger charge is 2.30. The van der Waals surface area contributed by atoms with Crippen molar-refractivity contribution in [3.8, 4) is 0 Å². The van der Waals surface area contributed by atoms with E-state index < -0.39 is 10.0 Å². The van der Waals surface area contributed by atoms with Gasteiger partial charge in [-0.25, -0.2) is 8.42 Å². The van der Waals surface area contributed by atoms with Crippen molar-refractivity contribution in [2.45, 2.75) is 30.8 Å². The van der Waals surface area contributed by atoms with Crippen LogP contribution >= 0.6 is 0 Å². The Kier molecular flexibility index (Phi) is 3.41. The van der Waals surface area contributed by atoms with Crippen LogP contribution in [0.25, 0.3) is 0 Å². The molecule has 0 saturated carbocycles. The van der Waals surface area contributed by atoms with Crippen LogP contribution in [0.3, 0.4) is 0 Å². The molecule has 6 nitrogen and oxygen atoms in total. The molecule has 2 N–H and O–H groups in total. The molecular weight excluding hydrogens is 240 g/mol. The zero-order valence-corrected chi connectivity index (χ0v) is 10.5.